The number of methoxy groups -OCH3 is 1. The number of nitrogens with two attached hydrogens (primary N) is 1. The molecule has 0 heterocycles. The fraction of sp³-hybridized carbons (Fsp3) is 0.143. The largest absolute Gasteiger partial charge is 0.495 e. The maximum Gasteiger partial charge on any atom is 0.142 e. The number of benzene rings is 1. The fourth-order valence-corrected chi connectivity index (χ4v) is 0.737. The van der Waals surface area contributed by atoms with Crippen LogP contribution in [-0.4, -0.2) is 7.04 Å². The molecule has 0 aliphatic carbocycles. The van der Waals surface area contributed by atoms with Crippen molar-refractivity contribution in [2.24, 2.45) is 0 Å². The molecule has 1 aromatic rings. The summed E-state index contributed by atoms with van der Waals surface area (Å²) in [6.07, 6.45) is 0. The highest BCUT2D eigenvalue weighted by Crippen LogP contribution is 2.24. The van der Waals surface area contributed by atoms with E-state index < -0.39 is 12.8 Å². The van der Waals surface area contributed by atoms with Crippen LogP contribution in [0.25, 0.3) is 0 Å². The van der Waals surface area contributed by atoms with Crippen molar-refractivity contribution in [3.05, 3.63) is 22.6 Å². The number of rotatable bonds is 1. The van der Waals surface area contributed by atoms with Crippen molar-refractivity contribution < 1.29 is 13.0 Å². The van der Waals surface area contributed by atoms with Crippen molar-refractivity contribution in [1.82, 2.24) is 0 Å². The second-order valence-corrected chi connectivity index (χ2v) is 2.33. The molecule has 1 aromatic carbocycles. The molecule has 0 fully saturated rings. The monoisotopic (exact) mass is 207 g/mol. The third kappa shape index (κ3) is 1.42. The number of ether oxygens (including phenoxy) is 1. The average molecular weight is 208 g/mol. The standard InChI is InChI=1S/C7H8BrNO/c1-10-7-4-5(8)2-3-6(7)9/h2-4H,9H2,1H3/i1D3,2D,3D,4D. The first-order chi connectivity index (χ1) is 7.15. The molecular weight excluding hydrogens is 194 g/mol. The molecule has 0 aliphatic rings. The number of anilines is 1. The summed E-state index contributed by atoms with van der Waals surface area (Å²) in [4.78, 5) is 0. The van der Waals surface area contributed by atoms with Gasteiger partial charge in [-0.25, -0.2) is 0 Å². The van der Waals surface area contributed by atoms with Crippen LogP contribution in [0.15, 0.2) is 22.6 Å². The van der Waals surface area contributed by atoms with Crippen molar-refractivity contribution in [2.75, 3.05) is 12.8 Å². The molecule has 54 valence electrons. The Morgan fingerprint density at radius 1 is 1.80 bits per heavy atom. The predicted molar refractivity (Wildman–Crippen MR) is 45.1 cm³/mol. The lowest BCUT2D eigenvalue weighted by Gasteiger charge is -2.02. The van der Waals surface area contributed by atoms with E-state index in [2.05, 4.69) is 20.7 Å². The summed E-state index contributed by atoms with van der Waals surface area (Å²) in [6, 6.07) is -1.00. The van der Waals surface area contributed by atoms with Crippen LogP contribution in [0.5, 0.6) is 5.75 Å². The molecule has 0 amide bonds. The van der Waals surface area contributed by atoms with Crippen LogP contribution in [0, 0.1) is 0 Å². The fourth-order valence-electron chi connectivity index (χ4n) is 0.458. The van der Waals surface area contributed by atoms with Gasteiger partial charge < -0.3 is 10.5 Å². The van der Waals surface area contributed by atoms with E-state index in [1.165, 1.54) is 0 Å². The summed E-state index contributed by atoms with van der Waals surface area (Å²) in [5.74, 6) is -0.409. The van der Waals surface area contributed by atoms with Crippen molar-refractivity contribution >= 4 is 21.6 Å². The minimum absolute atomic E-state index is 0.0223. The number of hydrogen-bond donors (Lipinski definition) is 1. The molecule has 2 N–H and O–H groups in total. The minimum atomic E-state index is -2.75. The molecule has 0 atom stereocenters. The van der Waals surface area contributed by atoms with E-state index >= 15 is 0 Å². The lowest BCUT2D eigenvalue weighted by Crippen LogP contribution is -1.90. The average Bonchev–Trinajstić information content (AvgIpc) is 2.17. The first-order valence-electron chi connectivity index (χ1n) is 5.39. The zero-order valence-corrected chi connectivity index (χ0v) is 6.45. The van der Waals surface area contributed by atoms with Crippen LogP contribution in [0.4, 0.5) is 5.69 Å². The van der Waals surface area contributed by atoms with Crippen LogP contribution < -0.4 is 10.5 Å². The number of halogens is 1. The van der Waals surface area contributed by atoms with Crippen LogP contribution in [0.1, 0.15) is 8.22 Å². The molecule has 0 radical (unpaired) electrons. The van der Waals surface area contributed by atoms with Gasteiger partial charge in [0.05, 0.1) is 20.9 Å². The SMILES string of the molecule is [2H]c1c([2H])c(Br)c([2H])c(OC([2H])([2H])[2H])c1N. The Hall–Kier alpha value is -0.700. The topological polar surface area (TPSA) is 35.2 Å². The van der Waals surface area contributed by atoms with Gasteiger partial charge in [0.1, 0.15) is 5.75 Å². The van der Waals surface area contributed by atoms with Crippen LogP contribution in [-0.2, 0) is 0 Å². The van der Waals surface area contributed by atoms with E-state index in [0.717, 1.165) is 0 Å². The molecule has 0 saturated carbocycles. The van der Waals surface area contributed by atoms with Crippen molar-refractivity contribution in [1.29, 1.82) is 0 Å². The van der Waals surface area contributed by atoms with Gasteiger partial charge in [0.2, 0.25) is 0 Å². The lowest BCUT2D eigenvalue weighted by molar-refractivity contribution is 0.416. The van der Waals surface area contributed by atoms with E-state index in [4.69, 9.17) is 14.0 Å². The summed E-state index contributed by atoms with van der Waals surface area (Å²) in [6.45, 7) is 0. The zero-order chi connectivity index (χ0) is 12.7. The molecule has 1 rings (SSSR count). The molecule has 0 spiro atoms. The van der Waals surface area contributed by atoms with Gasteiger partial charge in [0.15, 0.2) is 0 Å². The van der Waals surface area contributed by atoms with Crippen molar-refractivity contribution in [3.63, 3.8) is 0 Å². The van der Waals surface area contributed by atoms with Crippen LogP contribution in [0.2, 0.25) is 0 Å². The molecule has 0 aromatic heterocycles. The molecule has 0 aliphatic heterocycles. The number of hydrogen-bond acceptors (Lipinski definition) is 2. The second kappa shape index (κ2) is 2.92. The zero-order valence-electron chi connectivity index (χ0n) is 10.9. The summed E-state index contributed by atoms with van der Waals surface area (Å²) in [5.41, 5.74) is 5.11. The Morgan fingerprint density at radius 2 is 2.60 bits per heavy atom. The van der Waals surface area contributed by atoms with E-state index in [1.807, 2.05) is 0 Å². The first-order valence-corrected chi connectivity index (χ1v) is 3.18. The second-order valence-electron chi connectivity index (χ2n) is 1.53. The van der Waals surface area contributed by atoms with E-state index in [0.29, 0.717) is 0 Å². The molecule has 2 nitrogen and oxygen atoms in total. The molecule has 0 bridgehead atoms. The van der Waals surface area contributed by atoms with Gasteiger partial charge in [-0.15, -0.1) is 0 Å². The Labute approximate surface area is 76.5 Å². The van der Waals surface area contributed by atoms with E-state index in [1.54, 1.807) is 0 Å². The summed E-state index contributed by atoms with van der Waals surface area (Å²) in [5, 5.41) is 0. The Morgan fingerprint density at radius 3 is 3.30 bits per heavy atom. The molecule has 3 heteroatoms. The van der Waals surface area contributed by atoms with Gasteiger partial charge >= 0.3 is 0 Å². The van der Waals surface area contributed by atoms with Gasteiger partial charge in [0.25, 0.3) is 0 Å². The Bertz CT molecular complexity index is 403. The lowest BCUT2D eigenvalue weighted by atomic mass is 10.3. The first kappa shape index (κ1) is 2.74. The van der Waals surface area contributed by atoms with Gasteiger partial charge in [-0.2, -0.15) is 0 Å². The quantitative estimate of drug-likeness (QED) is 0.716. The van der Waals surface area contributed by atoms with Crippen molar-refractivity contribution in [2.45, 2.75) is 0 Å². The predicted octanol–water partition coefficient (Wildman–Crippen LogP) is 2.04. The molecular formula is C7H8BrNO. The van der Waals surface area contributed by atoms with Crippen LogP contribution >= 0.6 is 15.9 Å². The summed E-state index contributed by atoms with van der Waals surface area (Å²) >= 11 is 2.91. The Balaban J connectivity index is 3.40. The maximum absolute atomic E-state index is 7.55. The third-order valence-electron chi connectivity index (χ3n) is 0.877. The van der Waals surface area contributed by atoms with Gasteiger partial charge in [-0.1, -0.05) is 15.9 Å². The van der Waals surface area contributed by atoms with Crippen LogP contribution in [0.3, 0.4) is 0 Å². The molecule has 0 unspecified atom stereocenters. The van der Waals surface area contributed by atoms with E-state index in [-0.39, 0.29) is 28.3 Å². The highest BCUT2D eigenvalue weighted by Gasteiger charge is 1.96. The van der Waals surface area contributed by atoms with Gasteiger partial charge in [0, 0.05) is 4.47 Å². The van der Waals surface area contributed by atoms with Gasteiger partial charge in [-0.3, -0.25) is 0 Å². The summed E-state index contributed by atoms with van der Waals surface area (Å²) < 4.78 is 47.6. The number of nitrogen functional groups attached to an aromatic ring is 1. The maximum atomic E-state index is 7.55. The summed E-state index contributed by atoms with van der Waals surface area (Å²) in [7, 11) is -2.75. The van der Waals surface area contributed by atoms with E-state index in [9.17, 15) is 0 Å². The highest BCUT2D eigenvalue weighted by molar-refractivity contribution is 9.10. The van der Waals surface area contributed by atoms with Gasteiger partial charge in [-0.05, 0) is 18.1 Å². The molecule has 10 heavy (non-hydrogen) atoms. The Kier molecular flexibility index (Phi) is 0.800. The smallest absolute Gasteiger partial charge is 0.142 e. The minimum Gasteiger partial charge on any atom is -0.495 e. The van der Waals surface area contributed by atoms with Crippen molar-refractivity contribution in [3.8, 4) is 5.75 Å². The highest BCUT2D eigenvalue weighted by atomic mass is 79.9. The normalized spacial score (nSPS) is 19.3. The third-order valence-corrected chi connectivity index (χ3v) is 1.27. The molecule has 0 saturated heterocycles.